The fourth-order valence-electron chi connectivity index (χ4n) is 3.71. The second kappa shape index (κ2) is 9.13. The van der Waals surface area contributed by atoms with Crippen LogP contribution >= 0.6 is 12.4 Å². The SMILES string of the molecule is CC1NCCCC1NC(=O)C1CC(=O)N(Cc2cccc(C(F)(F)F)c2)C1.Cl. The smallest absolute Gasteiger partial charge is 0.352 e. The first-order valence-corrected chi connectivity index (χ1v) is 9.21. The van der Waals surface area contributed by atoms with Gasteiger partial charge in [-0.15, -0.1) is 12.4 Å². The van der Waals surface area contributed by atoms with Crippen LogP contribution in [-0.2, 0) is 22.3 Å². The molecular formula is C19H25ClF3N3O2. The summed E-state index contributed by atoms with van der Waals surface area (Å²) in [5.41, 5.74) is -0.330. The number of carbonyl (C=O) groups is 2. The lowest BCUT2D eigenvalue weighted by atomic mass is 9.98. The first-order chi connectivity index (χ1) is 12.7. The molecule has 2 N–H and O–H groups in total. The molecule has 0 spiro atoms. The third-order valence-corrected chi connectivity index (χ3v) is 5.30. The molecule has 28 heavy (non-hydrogen) atoms. The average Bonchev–Trinajstić information content (AvgIpc) is 2.97. The normalized spacial score (nSPS) is 25.4. The fraction of sp³-hybridized carbons (Fsp3) is 0.579. The monoisotopic (exact) mass is 419 g/mol. The van der Waals surface area contributed by atoms with Gasteiger partial charge in [-0.1, -0.05) is 12.1 Å². The van der Waals surface area contributed by atoms with Crippen LogP contribution in [0.1, 0.15) is 37.3 Å². The molecule has 2 amide bonds. The van der Waals surface area contributed by atoms with E-state index in [-0.39, 0.29) is 55.8 Å². The van der Waals surface area contributed by atoms with E-state index in [1.54, 1.807) is 6.07 Å². The number of halogens is 4. The molecule has 0 aliphatic carbocycles. The van der Waals surface area contributed by atoms with Crippen molar-refractivity contribution in [3.8, 4) is 0 Å². The van der Waals surface area contributed by atoms with Gasteiger partial charge in [0.1, 0.15) is 0 Å². The number of carbonyl (C=O) groups excluding carboxylic acids is 2. The van der Waals surface area contributed by atoms with E-state index in [0.717, 1.165) is 31.5 Å². The number of benzene rings is 1. The van der Waals surface area contributed by atoms with Crippen LogP contribution in [-0.4, -0.2) is 41.9 Å². The van der Waals surface area contributed by atoms with Crippen molar-refractivity contribution in [3.05, 3.63) is 35.4 Å². The molecule has 0 bridgehead atoms. The van der Waals surface area contributed by atoms with Crippen molar-refractivity contribution in [1.29, 1.82) is 0 Å². The standard InChI is InChI=1S/C19H24F3N3O2.ClH/c1-12-16(6-3-7-23-12)24-18(27)14-9-17(26)25(11-14)10-13-4-2-5-15(8-13)19(20,21)22;/h2,4-5,8,12,14,16,23H,3,6-7,9-11H2,1H3,(H,24,27);1H. The van der Waals surface area contributed by atoms with Gasteiger partial charge in [-0.05, 0) is 44.0 Å². The predicted molar refractivity (Wildman–Crippen MR) is 101 cm³/mol. The van der Waals surface area contributed by atoms with Gasteiger partial charge < -0.3 is 15.5 Å². The van der Waals surface area contributed by atoms with Crippen LogP contribution < -0.4 is 10.6 Å². The molecule has 2 fully saturated rings. The van der Waals surface area contributed by atoms with E-state index < -0.39 is 17.7 Å². The number of piperidine rings is 1. The van der Waals surface area contributed by atoms with Gasteiger partial charge in [0.2, 0.25) is 11.8 Å². The summed E-state index contributed by atoms with van der Waals surface area (Å²) < 4.78 is 38.5. The number of alkyl halides is 3. The van der Waals surface area contributed by atoms with Crippen molar-refractivity contribution in [2.45, 2.75) is 51.0 Å². The Bertz CT molecular complexity index is 714. The molecule has 1 aromatic carbocycles. The number of rotatable bonds is 4. The quantitative estimate of drug-likeness (QED) is 0.789. The summed E-state index contributed by atoms with van der Waals surface area (Å²) in [5.74, 6) is -0.824. The molecule has 3 atom stereocenters. The summed E-state index contributed by atoms with van der Waals surface area (Å²) in [6.45, 7) is 3.26. The summed E-state index contributed by atoms with van der Waals surface area (Å²) in [6, 6.07) is 5.17. The zero-order valence-corrected chi connectivity index (χ0v) is 16.4. The van der Waals surface area contributed by atoms with E-state index in [2.05, 4.69) is 10.6 Å². The molecule has 1 aromatic rings. The summed E-state index contributed by atoms with van der Waals surface area (Å²) in [5, 5.41) is 6.33. The molecule has 2 saturated heterocycles. The van der Waals surface area contributed by atoms with E-state index in [9.17, 15) is 22.8 Å². The van der Waals surface area contributed by atoms with Crippen LogP contribution in [0.15, 0.2) is 24.3 Å². The van der Waals surface area contributed by atoms with E-state index in [1.165, 1.54) is 11.0 Å². The molecule has 9 heteroatoms. The number of hydrogen-bond acceptors (Lipinski definition) is 3. The topological polar surface area (TPSA) is 61.4 Å². The lowest BCUT2D eigenvalue weighted by molar-refractivity contribution is -0.137. The summed E-state index contributed by atoms with van der Waals surface area (Å²) >= 11 is 0. The van der Waals surface area contributed by atoms with E-state index in [4.69, 9.17) is 0 Å². The Kier molecular flexibility index (Phi) is 7.33. The average molecular weight is 420 g/mol. The number of amides is 2. The van der Waals surface area contributed by atoms with Crippen molar-refractivity contribution in [1.82, 2.24) is 15.5 Å². The maximum Gasteiger partial charge on any atom is 0.416 e. The Morgan fingerprint density at radius 1 is 1.36 bits per heavy atom. The van der Waals surface area contributed by atoms with Gasteiger partial charge in [0.05, 0.1) is 11.5 Å². The summed E-state index contributed by atoms with van der Waals surface area (Å²) in [4.78, 5) is 26.2. The highest BCUT2D eigenvalue weighted by atomic mass is 35.5. The Balaban J connectivity index is 0.00000280. The number of nitrogens with one attached hydrogen (secondary N) is 2. The van der Waals surface area contributed by atoms with Gasteiger partial charge in [0.25, 0.3) is 0 Å². The van der Waals surface area contributed by atoms with Crippen LogP contribution in [0.25, 0.3) is 0 Å². The zero-order valence-electron chi connectivity index (χ0n) is 15.6. The van der Waals surface area contributed by atoms with Gasteiger partial charge in [0.15, 0.2) is 0 Å². The molecule has 3 unspecified atom stereocenters. The van der Waals surface area contributed by atoms with Gasteiger partial charge in [0, 0.05) is 31.6 Å². The molecule has 2 aliphatic rings. The molecule has 5 nitrogen and oxygen atoms in total. The lowest BCUT2D eigenvalue weighted by Gasteiger charge is -2.31. The third kappa shape index (κ3) is 5.38. The minimum Gasteiger partial charge on any atom is -0.352 e. The Labute approximate surface area is 168 Å². The zero-order chi connectivity index (χ0) is 19.6. The second-order valence-electron chi connectivity index (χ2n) is 7.37. The highest BCUT2D eigenvalue weighted by Crippen LogP contribution is 2.30. The minimum atomic E-state index is -4.42. The van der Waals surface area contributed by atoms with Crippen LogP contribution in [0, 0.1) is 5.92 Å². The fourth-order valence-corrected chi connectivity index (χ4v) is 3.71. The summed E-state index contributed by atoms with van der Waals surface area (Å²) in [7, 11) is 0. The van der Waals surface area contributed by atoms with Crippen LogP contribution in [0.5, 0.6) is 0 Å². The molecule has 3 rings (SSSR count). The second-order valence-corrected chi connectivity index (χ2v) is 7.37. The Morgan fingerprint density at radius 3 is 2.79 bits per heavy atom. The van der Waals surface area contributed by atoms with Crippen molar-refractivity contribution in [2.24, 2.45) is 5.92 Å². The summed E-state index contributed by atoms with van der Waals surface area (Å²) in [6.07, 6.45) is -2.44. The molecule has 0 aromatic heterocycles. The number of likely N-dealkylation sites (tertiary alicyclic amines) is 1. The first-order valence-electron chi connectivity index (χ1n) is 9.21. The van der Waals surface area contributed by atoms with Crippen molar-refractivity contribution < 1.29 is 22.8 Å². The molecule has 0 saturated carbocycles. The van der Waals surface area contributed by atoms with Crippen LogP contribution in [0.4, 0.5) is 13.2 Å². The Hall–Kier alpha value is -1.80. The maximum absolute atomic E-state index is 12.8. The first kappa shape index (κ1) is 22.5. The van der Waals surface area contributed by atoms with Gasteiger partial charge in [-0.2, -0.15) is 13.2 Å². The largest absolute Gasteiger partial charge is 0.416 e. The molecule has 156 valence electrons. The third-order valence-electron chi connectivity index (χ3n) is 5.30. The van der Waals surface area contributed by atoms with Gasteiger partial charge in [-0.3, -0.25) is 9.59 Å². The van der Waals surface area contributed by atoms with E-state index in [1.807, 2.05) is 6.92 Å². The number of nitrogens with zero attached hydrogens (tertiary/aromatic N) is 1. The molecule has 2 aliphatic heterocycles. The van der Waals surface area contributed by atoms with Crippen LogP contribution in [0.2, 0.25) is 0 Å². The predicted octanol–water partition coefficient (Wildman–Crippen LogP) is 2.73. The Morgan fingerprint density at radius 2 is 2.11 bits per heavy atom. The lowest BCUT2D eigenvalue weighted by Crippen LogP contribution is -2.53. The van der Waals surface area contributed by atoms with Gasteiger partial charge in [-0.25, -0.2) is 0 Å². The van der Waals surface area contributed by atoms with E-state index in [0.29, 0.717) is 5.56 Å². The van der Waals surface area contributed by atoms with Crippen molar-refractivity contribution in [3.63, 3.8) is 0 Å². The van der Waals surface area contributed by atoms with E-state index >= 15 is 0 Å². The number of hydrogen-bond donors (Lipinski definition) is 2. The van der Waals surface area contributed by atoms with Crippen molar-refractivity contribution >= 4 is 24.2 Å². The van der Waals surface area contributed by atoms with Gasteiger partial charge >= 0.3 is 6.18 Å². The highest BCUT2D eigenvalue weighted by Gasteiger charge is 2.36. The molecule has 2 heterocycles. The van der Waals surface area contributed by atoms with Crippen molar-refractivity contribution in [2.75, 3.05) is 13.1 Å². The highest BCUT2D eigenvalue weighted by molar-refractivity contribution is 5.89. The molecular weight excluding hydrogens is 395 g/mol. The van der Waals surface area contributed by atoms with Crippen LogP contribution in [0.3, 0.4) is 0 Å². The minimum absolute atomic E-state index is 0. The molecule has 0 radical (unpaired) electrons. The maximum atomic E-state index is 12.8.